The second-order valence-corrected chi connectivity index (χ2v) is 5.21. The highest BCUT2D eigenvalue weighted by Crippen LogP contribution is 2.36. The molecule has 0 spiro atoms. The molecule has 2 nitrogen and oxygen atoms in total. The molecule has 0 aromatic heterocycles. The summed E-state index contributed by atoms with van der Waals surface area (Å²) in [6.45, 7) is 2.97. The molecule has 1 atom stereocenters. The lowest BCUT2D eigenvalue weighted by molar-refractivity contribution is -0.138. The Morgan fingerprint density at radius 1 is 1.32 bits per heavy atom. The summed E-state index contributed by atoms with van der Waals surface area (Å²) in [6, 6.07) is 5.01. The number of piperidine rings is 1. The van der Waals surface area contributed by atoms with Gasteiger partial charge in [0.2, 0.25) is 0 Å². The molecule has 5 heteroatoms. The number of halogens is 3. The molecule has 0 saturated carbocycles. The normalized spacial score (nSPS) is 24.2. The minimum atomic E-state index is -4.50. The van der Waals surface area contributed by atoms with Crippen molar-refractivity contribution >= 4 is 5.78 Å². The van der Waals surface area contributed by atoms with Gasteiger partial charge in [0.1, 0.15) is 0 Å². The SMILES string of the molecule is CC1(C(=O)c2ccccc2C(F)(F)F)CCCNC1. The fourth-order valence-electron chi connectivity index (χ4n) is 2.50. The van der Waals surface area contributed by atoms with Gasteiger partial charge < -0.3 is 5.32 Å². The molecule has 1 aliphatic rings. The summed E-state index contributed by atoms with van der Waals surface area (Å²) in [6.07, 6.45) is -3.08. The first-order valence-corrected chi connectivity index (χ1v) is 6.26. The molecule has 0 bridgehead atoms. The summed E-state index contributed by atoms with van der Waals surface area (Å²) in [5.74, 6) is -0.423. The largest absolute Gasteiger partial charge is 0.417 e. The fourth-order valence-corrected chi connectivity index (χ4v) is 2.50. The lowest BCUT2D eigenvalue weighted by Gasteiger charge is -2.33. The van der Waals surface area contributed by atoms with Gasteiger partial charge >= 0.3 is 6.18 Å². The summed E-state index contributed by atoms with van der Waals surface area (Å²) >= 11 is 0. The van der Waals surface area contributed by atoms with E-state index in [4.69, 9.17) is 0 Å². The summed E-state index contributed by atoms with van der Waals surface area (Å²) in [7, 11) is 0. The van der Waals surface area contributed by atoms with Gasteiger partial charge in [-0.3, -0.25) is 4.79 Å². The molecule has 1 aliphatic heterocycles. The third-order valence-corrected chi connectivity index (χ3v) is 3.62. The van der Waals surface area contributed by atoms with Crippen LogP contribution in [-0.4, -0.2) is 18.9 Å². The van der Waals surface area contributed by atoms with Gasteiger partial charge in [-0.2, -0.15) is 13.2 Å². The topological polar surface area (TPSA) is 29.1 Å². The van der Waals surface area contributed by atoms with Crippen LogP contribution in [0.25, 0.3) is 0 Å². The maximum Gasteiger partial charge on any atom is 0.417 e. The van der Waals surface area contributed by atoms with Gasteiger partial charge in [0.05, 0.1) is 5.56 Å². The monoisotopic (exact) mass is 271 g/mol. The lowest BCUT2D eigenvalue weighted by atomic mass is 9.75. The van der Waals surface area contributed by atoms with Crippen LogP contribution in [-0.2, 0) is 6.18 Å². The number of hydrogen-bond donors (Lipinski definition) is 1. The molecule has 1 fully saturated rings. The average Bonchev–Trinajstić information content (AvgIpc) is 2.38. The molecule has 1 aromatic carbocycles. The number of rotatable bonds is 2. The maximum absolute atomic E-state index is 12.9. The van der Waals surface area contributed by atoms with Crippen LogP contribution in [0.15, 0.2) is 24.3 Å². The summed E-state index contributed by atoms with van der Waals surface area (Å²) in [5, 5.41) is 3.08. The highest BCUT2D eigenvalue weighted by molar-refractivity contribution is 6.01. The van der Waals surface area contributed by atoms with E-state index in [1.165, 1.54) is 18.2 Å². The van der Waals surface area contributed by atoms with Crippen LogP contribution in [0.5, 0.6) is 0 Å². The second-order valence-electron chi connectivity index (χ2n) is 5.21. The molecule has 0 amide bonds. The predicted molar refractivity (Wildman–Crippen MR) is 66.0 cm³/mol. The number of nitrogens with one attached hydrogen (secondary N) is 1. The Kier molecular flexibility index (Phi) is 3.67. The van der Waals surface area contributed by atoms with Crippen molar-refractivity contribution in [2.45, 2.75) is 25.9 Å². The Balaban J connectivity index is 2.39. The Morgan fingerprint density at radius 3 is 2.58 bits per heavy atom. The second kappa shape index (κ2) is 4.96. The Morgan fingerprint density at radius 2 is 2.00 bits per heavy atom. The summed E-state index contributed by atoms with van der Waals surface area (Å²) < 4.78 is 38.8. The maximum atomic E-state index is 12.9. The van der Waals surface area contributed by atoms with Gasteiger partial charge in [0.25, 0.3) is 0 Å². The van der Waals surface area contributed by atoms with Crippen LogP contribution >= 0.6 is 0 Å². The van der Waals surface area contributed by atoms with Crippen molar-refractivity contribution in [3.05, 3.63) is 35.4 Å². The van der Waals surface area contributed by atoms with E-state index in [0.29, 0.717) is 13.0 Å². The van der Waals surface area contributed by atoms with Crippen LogP contribution in [0.2, 0.25) is 0 Å². The molecule has 0 radical (unpaired) electrons. The highest BCUT2D eigenvalue weighted by atomic mass is 19.4. The summed E-state index contributed by atoms with van der Waals surface area (Å²) in [5.41, 5.74) is -1.81. The van der Waals surface area contributed by atoms with Crippen LogP contribution < -0.4 is 5.32 Å². The number of ketones is 1. The fraction of sp³-hybridized carbons (Fsp3) is 0.500. The standard InChI is InChI=1S/C14H16F3NO/c1-13(7-4-8-18-9-13)12(19)10-5-2-3-6-11(10)14(15,16)17/h2-3,5-6,18H,4,7-9H2,1H3. The smallest absolute Gasteiger partial charge is 0.316 e. The first-order chi connectivity index (χ1) is 8.84. The molecule has 1 heterocycles. The van der Waals surface area contributed by atoms with E-state index in [9.17, 15) is 18.0 Å². The molecule has 19 heavy (non-hydrogen) atoms. The zero-order chi connectivity index (χ0) is 14.1. The molecule has 0 aliphatic carbocycles. The van der Waals surface area contributed by atoms with Gasteiger partial charge in [0, 0.05) is 17.5 Å². The average molecular weight is 271 g/mol. The van der Waals surface area contributed by atoms with Crippen LogP contribution in [0.1, 0.15) is 35.7 Å². The van der Waals surface area contributed by atoms with Crippen LogP contribution in [0.3, 0.4) is 0 Å². The van der Waals surface area contributed by atoms with Crippen molar-refractivity contribution in [1.29, 1.82) is 0 Å². The number of hydrogen-bond acceptors (Lipinski definition) is 2. The van der Waals surface area contributed by atoms with Crippen LogP contribution in [0.4, 0.5) is 13.2 Å². The number of Topliss-reactive ketones (excluding diaryl/α,β-unsaturated/α-hetero) is 1. The predicted octanol–water partition coefficient (Wildman–Crippen LogP) is 3.28. The number of carbonyl (C=O) groups excluding carboxylic acids is 1. The Labute approximate surface area is 110 Å². The molecular formula is C14H16F3NO. The number of benzene rings is 1. The Hall–Kier alpha value is -1.36. The van der Waals surface area contributed by atoms with E-state index in [0.717, 1.165) is 19.0 Å². The molecular weight excluding hydrogens is 255 g/mol. The van der Waals surface area contributed by atoms with E-state index in [1.54, 1.807) is 6.92 Å². The van der Waals surface area contributed by atoms with Gasteiger partial charge in [-0.05, 0) is 25.5 Å². The molecule has 1 saturated heterocycles. The van der Waals surface area contributed by atoms with E-state index < -0.39 is 22.9 Å². The molecule has 104 valence electrons. The first-order valence-electron chi connectivity index (χ1n) is 6.26. The highest BCUT2D eigenvalue weighted by Gasteiger charge is 2.41. The lowest BCUT2D eigenvalue weighted by Crippen LogP contribution is -2.43. The van der Waals surface area contributed by atoms with Crippen molar-refractivity contribution in [2.24, 2.45) is 5.41 Å². The van der Waals surface area contributed by atoms with Gasteiger partial charge in [-0.25, -0.2) is 0 Å². The number of carbonyl (C=O) groups is 1. The minimum absolute atomic E-state index is 0.221. The number of alkyl halides is 3. The van der Waals surface area contributed by atoms with E-state index in [-0.39, 0.29) is 5.56 Å². The van der Waals surface area contributed by atoms with E-state index in [2.05, 4.69) is 5.32 Å². The van der Waals surface area contributed by atoms with Crippen molar-refractivity contribution in [3.8, 4) is 0 Å². The van der Waals surface area contributed by atoms with Crippen LogP contribution in [0, 0.1) is 5.41 Å². The first kappa shape index (κ1) is 14.1. The Bertz CT molecular complexity index is 476. The van der Waals surface area contributed by atoms with Gasteiger partial charge in [0.15, 0.2) is 5.78 Å². The molecule has 1 unspecified atom stereocenters. The molecule has 2 rings (SSSR count). The summed E-state index contributed by atoms with van der Waals surface area (Å²) in [4.78, 5) is 12.4. The van der Waals surface area contributed by atoms with Crippen molar-refractivity contribution < 1.29 is 18.0 Å². The third kappa shape index (κ3) is 2.81. The molecule has 1 aromatic rings. The third-order valence-electron chi connectivity index (χ3n) is 3.62. The van der Waals surface area contributed by atoms with E-state index in [1.807, 2.05) is 0 Å². The van der Waals surface area contributed by atoms with Gasteiger partial charge in [-0.1, -0.05) is 25.1 Å². The quantitative estimate of drug-likeness (QED) is 0.836. The molecule has 1 N–H and O–H groups in total. The van der Waals surface area contributed by atoms with Gasteiger partial charge in [-0.15, -0.1) is 0 Å². The zero-order valence-electron chi connectivity index (χ0n) is 10.7. The van der Waals surface area contributed by atoms with Crippen molar-refractivity contribution in [2.75, 3.05) is 13.1 Å². The van der Waals surface area contributed by atoms with Crippen molar-refractivity contribution in [1.82, 2.24) is 5.32 Å². The van der Waals surface area contributed by atoms with E-state index >= 15 is 0 Å². The van der Waals surface area contributed by atoms with Crippen molar-refractivity contribution in [3.63, 3.8) is 0 Å². The zero-order valence-corrected chi connectivity index (χ0v) is 10.7. The minimum Gasteiger partial charge on any atom is -0.316 e.